The van der Waals surface area contributed by atoms with Gasteiger partial charge in [-0.1, -0.05) is 18.2 Å². The van der Waals surface area contributed by atoms with E-state index >= 15 is 0 Å². The predicted molar refractivity (Wildman–Crippen MR) is 53.3 cm³/mol. The van der Waals surface area contributed by atoms with Crippen molar-refractivity contribution in [3.8, 4) is 0 Å². The van der Waals surface area contributed by atoms with Crippen molar-refractivity contribution in [2.45, 2.75) is 6.92 Å². The number of rotatable bonds is 2. The van der Waals surface area contributed by atoms with Gasteiger partial charge < -0.3 is 4.74 Å². The van der Waals surface area contributed by atoms with Gasteiger partial charge in [-0.15, -0.1) is 0 Å². The van der Waals surface area contributed by atoms with E-state index in [2.05, 4.69) is 5.32 Å². The smallest absolute Gasteiger partial charge is 0.288 e. The van der Waals surface area contributed by atoms with Gasteiger partial charge in [0.25, 0.3) is 11.9 Å². The van der Waals surface area contributed by atoms with Crippen LogP contribution in [-0.4, -0.2) is 18.5 Å². The van der Waals surface area contributed by atoms with Gasteiger partial charge in [-0.3, -0.25) is 15.5 Å². The topological polar surface area (TPSA) is 62.2 Å². The Morgan fingerprint density at radius 2 is 2.07 bits per heavy atom. The maximum absolute atomic E-state index is 11.4. The fourth-order valence-electron chi connectivity index (χ4n) is 0.945. The molecule has 0 bridgehead atoms. The minimum Gasteiger partial charge on any atom is -0.465 e. The summed E-state index contributed by atoms with van der Waals surface area (Å²) < 4.78 is 4.79. The molecule has 1 rings (SSSR count). The number of ether oxygens (including phenoxy) is 1. The van der Waals surface area contributed by atoms with Crippen LogP contribution in [0.3, 0.4) is 0 Å². The van der Waals surface area contributed by atoms with E-state index in [1.54, 1.807) is 31.2 Å². The van der Waals surface area contributed by atoms with E-state index in [-0.39, 0.29) is 11.9 Å². The van der Waals surface area contributed by atoms with Gasteiger partial charge >= 0.3 is 0 Å². The number of amidine groups is 1. The monoisotopic (exact) mass is 192 g/mol. The standard InChI is InChI=1S/C10H12N2O2/c1-2-14-10(11)12-9(13)8-6-4-3-5-7-8/h3-7H,2H2,1H3,(H2,11,12,13). The molecule has 0 saturated heterocycles. The molecule has 14 heavy (non-hydrogen) atoms. The van der Waals surface area contributed by atoms with Crippen molar-refractivity contribution in [2.24, 2.45) is 0 Å². The average molecular weight is 192 g/mol. The van der Waals surface area contributed by atoms with Crippen LogP contribution >= 0.6 is 0 Å². The Hall–Kier alpha value is -1.84. The van der Waals surface area contributed by atoms with Crippen molar-refractivity contribution in [1.82, 2.24) is 5.32 Å². The Morgan fingerprint density at radius 3 is 2.64 bits per heavy atom. The lowest BCUT2D eigenvalue weighted by atomic mass is 10.2. The molecule has 0 aromatic heterocycles. The number of hydrogen-bond acceptors (Lipinski definition) is 3. The van der Waals surface area contributed by atoms with Gasteiger partial charge in [0.2, 0.25) is 0 Å². The number of nitrogens with one attached hydrogen (secondary N) is 2. The van der Waals surface area contributed by atoms with Crippen molar-refractivity contribution in [1.29, 1.82) is 5.41 Å². The average Bonchev–Trinajstić information content (AvgIpc) is 2.19. The summed E-state index contributed by atoms with van der Waals surface area (Å²) in [6.45, 7) is 2.12. The van der Waals surface area contributed by atoms with Crippen molar-refractivity contribution in [3.05, 3.63) is 35.9 Å². The third kappa shape index (κ3) is 2.90. The first-order chi connectivity index (χ1) is 6.74. The third-order valence-electron chi connectivity index (χ3n) is 1.55. The van der Waals surface area contributed by atoms with Crippen LogP contribution in [0.5, 0.6) is 0 Å². The van der Waals surface area contributed by atoms with Crippen LogP contribution in [0.15, 0.2) is 30.3 Å². The van der Waals surface area contributed by atoms with Crippen LogP contribution in [0.25, 0.3) is 0 Å². The van der Waals surface area contributed by atoms with Crippen molar-refractivity contribution in [3.63, 3.8) is 0 Å². The molecule has 0 saturated carbocycles. The van der Waals surface area contributed by atoms with Gasteiger partial charge in [0.05, 0.1) is 6.61 Å². The fraction of sp³-hybridized carbons (Fsp3) is 0.200. The van der Waals surface area contributed by atoms with E-state index in [1.807, 2.05) is 6.07 Å². The van der Waals surface area contributed by atoms with E-state index in [0.29, 0.717) is 12.2 Å². The van der Waals surface area contributed by atoms with Gasteiger partial charge in [-0.2, -0.15) is 0 Å². The Morgan fingerprint density at radius 1 is 1.43 bits per heavy atom. The van der Waals surface area contributed by atoms with Gasteiger partial charge in [-0.05, 0) is 19.1 Å². The van der Waals surface area contributed by atoms with E-state index in [9.17, 15) is 4.79 Å². The van der Waals surface area contributed by atoms with Crippen molar-refractivity contribution < 1.29 is 9.53 Å². The molecule has 0 unspecified atom stereocenters. The first kappa shape index (κ1) is 10.2. The lowest BCUT2D eigenvalue weighted by Crippen LogP contribution is -2.31. The summed E-state index contributed by atoms with van der Waals surface area (Å²) in [5.41, 5.74) is 0.511. The van der Waals surface area contributed by atoms with Crippen molar-refractivity contribution in [2.75, 3.05) is 6.61 Å². The zero-order chi connectivity index (χ0) is 10.4. The molecule has 1 aromatic carbocycles. The largest absolute Gasteiger partial charge is 0.465 e. The molecule has 2 N–H and O–H groups in total. The van der Waals surface area contributed by atoms with Gasteiger partial charge in [-0.25, -0.2) is 0 Å². The minimum atomic E-state index is -0.330. The molecule has 0 heterocycles. The van der Waals surface area contributed by atoms with Crippen LogP contribution in [0, 0.1) is 5.41 Å². The Kier molecular flexibility index (Phi) is 3.67. The number of amides is 1. The van der Waals surface area contributed by atoms with Crippen LogP contribution in [-0.2, 0) is 4.74 Å². The first-order valence-corrected chi connectivity index (χ1v) is 4.31. The molecule has 0 fully saturated rings. The molecule has 4 nitrogen and oxygen atoms in total. The number of carbonyl (C=O) groups excluding carboxylic acids is 1. The number of carbonyl (C=O) groups is 1. The Bertz CT molecular complexity index is 322. The molecule has 4 heteroatoms. The summed E-state index contributed by atoms with van der Waals surface area (Å²) in [5, 5.41) is 9.53. The molecule has 0 spiro atoms. The van der Waals surface area contributed by atoms with Gasteiger partial charge in [0, 0.05) is 5.56 Å². The predicted octanol–water partition coefficient (Wildman–Crippen LogP) is 1.39. The molecule has 1 amide bonds. The van der Waals surface area contributed by atoms with Crippen LogP contribution < -0.4 is 5.32 Å². The number of benzene rings is 1. The molecule has 0 aliphatic rings. The second-order valence-electron chi connectivity index (χ2n) is 2.58. The molecule has 0 atom stereocenters. The molecular formula is C10H12N2O2. The SMILES string of the molecule is CCOC(=N)NC(=O)c1ccccc1. The summed E-state index contributed by atoms with van der Waals surface area (Å²) in [6.07, 6.45) is 0. The first-order valence-electron chi connectivity index (χ1n) is 4.31. The maximum Gasteiger partial charge on any atom is 0.288 e. The van der Waals surface area contributed by atoms with E-state index in [1.165, 1.54) is 0 Å². The zero-order valence-corrected chi connectivity index (χ0v) is 7.91. The maximum atomic E-state index is 11.4. The Balaban J connectivity index is 2.55. The lowest BCUT2D eigenvalue weighted by molar-refractivity contribution is 0.0966. The summed E-state index contributed by atoms with van der Waals surface area (Å²) >= 11 is 0. The molecule has 0 aliphatic heterocycles. The zero-order valence-electron chi connectivity index (χ0n) is 7.91. The summed E-state index contributed by atoms with van der Waals surface area (Å²) in [6, 6.07) is 8.48. The highest BCUT2D eigenvalue weighted by molar-refractivity contribution is 6.03. The van der Waals surface area contributed by atoms with E-state index in [0.717, 1.165) is 0 Å². The molecule has 1 aromatic rings. The second-order valence-corrected chi connectivity index (χ2v) is 2.58. The van der Waals surface area contributed by atoms with Crippen LogP contribution in [0.2, 0.25) is 0 Å². The fourth-order valence-corrected chi connectivity index (χ4v) is 0.945. The lowest BCUT2D eigenvalue weighted by Gasteiger charge is -2.05. The summed E-state index contributed by atoms with van der Waals surface area (Å²) in [5.74, 6) is -0.330. The quantitative estimate of drug-likeness (QED) is 0.549. The van der Waals surface area contributed by atoms with Crippen molar-refractivity contribution >= 4 is 11.9 Å². The molecule has 74 valence electrons. The third-order valence-corrected chi connectivity index (χ3v) is 1.55. The van der Waals surface area contributed by atoms with Gasteiger partial charge in [0.1, 0.15) is 0 Å². The summed E-state index contributed by atoms with van der Waals surface area (Å²) in [4.78, 5) is 11.4. The van der Waals surface area contributed by atoms with Gasteiger partial charge in [0.15, 0.2) is 0 Å². The van der Waals surface area contributed by atoms with Crippen LogP contribution in [0.4, 0.5) is 0 Å². The molecule has 0 radical (unpaired) electrons. The highest BCUT2D eigenvalue weighted by Gasteiger charge is 2.06. The highest BCUT2D eigenvalue weighted by atomic mass is 16.5. The minimum absolute atomic E-state index is 0.221. The highest BCUT2D eigenvalue weighted by Crippen LogP contribution is 1.97. The second kappa shape index (κ2) is 5.01. The summed E-state index contributed by atoms with van der Waals surface area (Å²) in [7, 11) is 0. The normalized spacial score (nSPS) is 9.21. The Labute approximate surface area is 82.4 Å². The van der Waals surface area contributed by atoms with Crippen LogP contribution in [0.1, 0.15) is 17.3 Å². The molecular weight excluding hydrogens is 180 g/mol. The van der Waals surface area contributed by atoms with E-state index in [4.69, 9.17) is 10.1 Å². The molecule has 0 aliphatic carbocycles. The number of hydrogen-bond donors (Lipinski definition) is 2. The van der Waals surface area contributed by atoms with E-state index < -0.39 is 0 Å².